The van der Waals surface area contributed by atoms with Crippen molar-refractivity contribution in [2.45, 2.75) is 44.4 Å². The minimum atomic E-state index is -1.12. The first kappa shape index (κ1) is 14.9. The van der Waals surface area contributed by atoms with E-state index < -0.39 is 11.0 Å². The molecule has 1 aromatic rings. The zero-order valence-corrected chi connectivity index (χ0v) is 12.1. The van der Waals surface area contributed by atoms with E-state index in [1.54, 1.807) is 0 Å². The molecule has 0 heterocycles. The van der Waals surface area contributed by atoms with E-state index in [1.165, 1.54) is 5.56 Å². The van der Waals surface area contributed by atoms with Crippen LogP contribution >= 0.6 is 0 Å². The molecule has 2 nitrogen and oxygen atoms in total. The summed E-state index contributed by atoms with van der Waals surface area (Å²) in [5.74, 6) is 2.67. The highest BCUT2D eigenvalue weighted by Crippen LogP contribution is 2.11. The third kappa shape index (κ3) is 5.03. The molecule has 0 saturated carbocycles. The lowest BCUT2D eigenvalue weighted by Gasteiger charge is -2.21. The Bertz CT molecular complexity index is 428. The van der Waals surface area contributed by atoms with E-state index in [0.29, 0.717) is 0 Å². The monoisotopic (exact) mass is 263 g/mol. The van der Waals surface area contributed by atoms with Crippen molar-refractivity contribution in [1.82, 2.24) is 4.72 Å². The molecule has 0 aliphatic rings. The van der Waals surface area contributed by atoms with Crippen LogP contribution in [0, 0.1) is 12.3 Å². The summed E-state index contributed by atoms with van der Waals surface area (Å²) in [5.41, 5.74) is 1.25. The van der Waals surface area contributed by atoms with Gasteiger partial charge >= 0.3 is 0 Å². The molecule has 0 aliphatic heterocycles. The van der Waals surface area contributed by atoms with Gasteiger partial charge in [0, 0.05) is 0 Å². The van der Waals surface area contributed by atoms with Crippen molar-refractivity contribution in [3.8, 4) is 12.3 Å². The Kier molecular flexibility index (Phi) is 5.58. The molecule has 98 valence electrons. The normalized spacial score (nSPS) is 14.8. The van der Waals surface area contributed by atoms with Gasteiger partial charge in [0.15, 0.2) is 0 Å². The lowest BCUT2D eigenvalue weighted by atomic mass is 10.1. The van der Waals surface area contributed by atoms with Gasteiger partial charge in [-0.1, -0.05) is 36.3 Å². The van der Waals surface area contributed by atoms with Crippen LogP contribution in [0.4, 0.5) is 0 Å². The van der Waals surface area contributed by atoms with E-state index in [-0.39, 0.29) is 10.8 Å². The van der Waals surface area contributed by atoms with Gasteiger partial charge in [0.05, 0.1) is 21.8 Å². The van der Waals surface area contributed by atoms with Gasteiger partial charge in [0.2, 0.25) is 0 Å². The van der Waals surface area contributed by atoms with Crippen molar-refractivity contribution in [2.75, 3.05) is 0 Å². The number of rotatable bonds is 5. The topological polar surface area (TPSA) is 29.1 Å². The molecule has 0 spiro atoms. The number of hydrogen-bond donors (Lipinski definition) is 1. The molecule has 0 saturated heterocycles. The van der Waals surface area contributed by atoms with Crippen molar-refractivity contribution < 1.29 is 4.21 Å². The summed E-state index contributed by atoms with van der Waals surface area (Å²) in [4.78, 5) is 0. The van der Waals surface area contributed by atoms with E-state index in [2.05, 4.69) is 22.8 Å². The second kappa shape index (κ2) is 6.72. The summed E-state index contributed by atoms with van der Waals surface area (Å²) >= 11 is 0. The number of hydrogen-bond acceptors (Lipinski definition) is 1. The molecule has 0 fully saturated rings. The first-order chi connectivity index (χ1) is 8.43. The second-order valence-corrected chi connectivity index (χ2v) is 7.24. The first-order valence-electron chi connectivity index (χ1n) is 6.11. The van der Waals surface area contributed by atoms with E-state index in [1.807, 2.05) is 39.0 Å². The van der Waals surface area contributed by atoms with Gasteiger partial charge in [-0.3, -0.25) is 0 Å². The zero-order chi connectivity index (χ0) is 13.6. The van der Waals surface area contributed by atoms with E-state index in [0.717, 1.165) is 12.8 Å². The smallest absolute Gasteiger partial charge is 0.0981 e. The molecule has 0 aromatic heterocycles. The molecule has 0 bridgehead atoms. The van der Waals surface area contributed by atoms with Crippen molar-refractivity contribution in [1.29, 1.82) is 0 Å². The standard InChI is InChI=1S/C15H21NOS/c1-5-14(16-18(17)15(2,3)4)12-11-13-9-7-6-8-10-13/h1,6-10,14,16H,11-12H2,2-4H3/t14-,18+/m1/s1. The molecule has 0 amide bonds. The van der Waals surface area contributed by atoms with E-state index >= 15 is 0 Å². The summed E-state index contributed by atoms with van der Waals surface area (Å²) in [7, 11) is -1.12. The summed E-state index contributed by atoms with van der Waals surface area (Å²) in [6.45, 7) is 5.79. The Morgan fingerprint density at radius 2 is 1.94 bits per heavy atom. The Labute approximate surface area is 113 Å². The molecule has 1 N–H and O–H groups in total. The number of terminal acetylenes is 1. The zero-order valence-electron chi connectivity index (χ0n) is 11.3. The summed E-state index contributed by atoms with van der Waals surface area (Å²) in [6.07, 6.45) is 7.17. The molecule has 0 radical (unpaired) electrons. The molecule has 0 aliphatic carbocycles. The fourth-order valence-corrected chi connectivity index (χ4v) is 2.24. The van der Waals surface area contributed by atoms with Crippen LogP contribution in [0.5, 0.6) is 0 Å². The molecular formula is C15H21NOS. The Balaban J connectivity index is 2.49. The van der Waals surface area contributed by atoms with Crippen LogP contribution in [0.2, 0.25) is 0 Å². The van der Waals surface area contributed by atoms with Crippen molar-refractivity contribution >= 4 is 11.0 Å². The Morgan fingerprint density at radius 1 is 1.33 bits per heavy atom. The average Bonchev–Trinajstić information content (AvgIpc) is 2.34. The van der Waals surface area contributed by atoms with Gasteiger partial charge in [-0.15, -0.1) is 6.42 Å². The highest BCUT2D eigenvalue weighted by atomic mass is 32.2. The third-order valence-corrected chi connectivity index (χ3v) is 4.18. The first-order valence-corrected chi connectivity index (χ1v) is 7.26. The van der Waals surface area contributed by atoms with E-state index in [4.69, 9.17) is 6.42 Å². The lowest BCUT2D eigenvalue weighted by Crippen LogP contribution is -2.39. The second-order valence-electron chi connectivity index (χ2n) is 5.24. The van der Waals surface area contributed by atoms with Gasteiger partial charge in [0.25, 0.3) is 0 Å². The van der Waals surface area contributed by atoms with Crippen LogP contribution in [0.3, 0.4) is 0 Å². The van der Waals surface area contributed by atoms with Crippen LogP contribution in [0.25, 0.3) is 0 Å². The van der Waals surface area contributed by atoms with Crippen LogP contribution in [0.1, 0.15) is 32.8 Å². The van der Waals surface area contributed by atoms with E-state index in [9.17, 15) is 4.21 Å². The van der Waals surface area contributed by atoms with Crippen molar-refractivity contribution in [3.05, 3.63) is 35.9 Å². The van der Waals surface area contributed by atoms with Gasteiger partial charge in [-0.25, -0.2) is 8.93 Å². The third-order valence-electron chi connectivity index (χ3n) is 2.57. The highest BCUT2D eigenvalue weighted by Gasteiger charge is 2.21. The molecule has 0 unspecified atom stereocenters. The fourth-order valence-electron chi connectivity index (χ4n) is 1.44. The number of aryl methyl sites for hydroxylation is 1. The minimum Gasteiger partial charge on any atom is -0.242 e. The fraction of sp³-hybridized carbons (Fsp3) is 0.467. The predicted octanol–water partition coefficient (Wildman–Crippen LogP) is 2.67. The summed E-state index contributed by atoms with van der Waals surface area (Å²) < 4.78 is 14.7. The average molecular weight is 263 g/mol. The van der Waals surface area contributed by atoms with Gasteiger partial charge in [0.1, 0.15) is 0 Å². The predicted molar refractivity (Wildman–Crippen MR) is 78.4 cm³/mol. The van der Waals surface area contributed by atoms with Crippen molar-refractivity contribution in [3.63, 3.8) is 0 Å². The number of nitrogens with one attached hydrogen (secondary N) is 1. The molecule has 2 atom stereocenters. The van der Waals surface area contributed by atoms with Crippen LogP contribution in [-0.4, -0.2) is 15.0 Å². The van der Waals surface area contributed by atoms with Crippen LogP contribution < -0.4 is 4.72 Å². The van der Waals surface area contributed by atoms with Crippen LogP contribution in [-0.2, 0) is 17.4 Å². The summed E-state index contributed by atoms with van der Waals surface area (Å²) in [6, 6.07) is 10.0. The van der Waals surface area contributed by atoms with Gasteiger partial charge in [-0.2, -0.15) is 0 Å². The Morgan fingerprint density at radius 3 is 2.44 bits per heavy atom. The summed E-state index contributed by atoms with van der Waals surface area (Å²) in [5, 5.41) is 0. The minimum absolute atomic E-state index is 0.148. The van der Waals surface area contributed by atoms with Crippen LogP contribution in [0.15, 0.2) is 30.3 Å². The van der Waals surface area contributed by atoms with Gasteiger partial charge < -0.3 is 0 Å². The molecule has 1 aromatic carbocycles. The maximum Gasteiger partial charge on any atom is 0.0981 e. The molecule has 18 heavy (non-hydrogen) atoms. The SMILES string of the molecule is C#C[C@H](CCc1ccccc1)N[S@@](=O)C(C)(C)C. The molecule has 3 heteroatoms. The number of benzene rings is 1. The largest absolute Gasteiger partial charge is 0.242 e. The maximum absolute atomic E-state index is 11.9. The molecular weight excluding hydrogens is 242 g/mol. The lowest BCUT2D eigenvalue weighted by molar-refractivity contribution is 0.612. The van der Waals surface area contributed by atoms with Crippen molar-refractivity contribution in [2.24, 2.45) is 0 Å². The van der Waals surface area contributed by atoms with Gasteiger partial charge in [-0.05, 0) is 39.2 Å². The molecule has 1 rings (SSSR count). The maximum atomic E-state index is 11.9. The highest BCUT2D eigenvalue weighted by molar-refractivity contribution is 7.84. The Hall–Kier alpha value is -1.11. The quantitative estimate of drug-likeness (QED) is 0.813.